The summed E-state index contributed by atoms with van der Waals surface area (Å²) in [6, 6.07) is 14.4. The molecule has 0 aromatic heterocycles. The monoisotopic (exact) mass is 290 g/mol. The number of benzene rings is 2. The highest BCUT2D eigenvalue weighted by Gasteiger charge is 2.00. The van der Waals surface area contributed by atoms with E-state index >= 15 is 0 Å². The van der Waals surface area contributed by atoms with Crippen molar-refractivity contribution < 1.29 is 4.74 Å². The Bertz CT molecular complexity index is 503. The van der Waals surface area contributed by atoms with Gasteiger partial charge in [-0.05, 0) is 43.2 Å². The molecule has 0 aliphatic rings. The van der Waals surface area contributed by atoms with Crippen molar-refractivity contribution in [3.8, 4) is 5.75 Å². The quantitative estimate of drug-likeness (QED) is 0.800. The van der Waals surface area contributed by atoms with E-state index in [1.807, 2.05) is 18.2 Å². The fourth-order valence-electron chi connectivity index (χ4n) is 1.70. The fraction of sp³-hybridized carbons (Fsp3) is 0.200. The molecule has 0 saturated heterocycles. The maximum atomic E-state index is 5.80. The minimum Gasteiger partial charge on any atom is -0.489 e. The highest BCUT2D eigenvalue weighted by molar-refractivity contribution is 9.10. The van der Waals surface area contributed by atoms with Gasteiger partial charge in [0.1, 0.15) is 12.4 Å². The predicted molar refractivity (Wildman–Crippen MR) is 74.4 cm³/mol. The van der Waals surface area contributed by atoms with Crippen LogP contribution in [0.15, 0.2) is 46.9 Å². The molecule has 0 radical (unpaired) electrons. The molecule has 0 saturated carbocycles. The first kappa shape index (κ1) is 12.2. The topological polar surface area (TPSA) is 9.23 Å². The molecule has 0 heterocycles. The predicted octanol–water partition coefficient (Wildman–Crippen LogP) is 4.64. The van der Waals surface area contributed by atoms with Crippen molar-refractivity contribution in [1.82, 2.24) is 0 Å². The third kappa shape index (κ3) is 3.34. The lowest BCUT2D eigenvalue weighted by atomic mass is 10.1. The number of rotatable bonds is 3. The summed E-state index contributed by atoms with van der Waals surface area (Å²) in [5.41, 5.74) is 3.62. The van der Waals surface area contributed by atoms with E-state index in [1.54, 1.807) is 0 Å². The maximum absolute atomic E-state index is 5.80. The molecule has 88 valence electrons. The molecule has 0 N–H and O–H groups in total. The molecule has 0 unspecified atom stereocenters. The second kappa shape index (κ2) is 5.37. The van der Waals surface area contributed by atoms with Gasteiger partial charge in [-0.1, -0.05) is 45.8 Å². The molecule has 1 nitrogen and oxygen atoms in total. The van der Waals surface area contributed by atoms with Gasteiger partial charge in [-0.15, -0.1) is 0 Å². The molecule has 17 heavy (non-hydrogen) atoms. The van der Waals surface area contributed by atoms with Crippen LogP contribution in [0.2, 0.25) is 0 Å². The summed E-state index contributed by atoms with van der Waals surface area (Å²) < 4.78 is 6.89. The summed E-state index contributed by atoms with van der Waals surface area (Å²) in [4.78, 5) is 0. The first-order valence-corrected chi connectivity index (χ1v) is 6.39. The van der Waals surface area contributed by atoms with Crippen LogP contribution in [0.25, 0.3) is 0 Å². The first-order valence-electron chi connectivity index (χ1n) is 5.59. The third-order valence-electron chi connectivity index (χ3n) is 2.64. The van der Waals surface area contributed by atoms with Crippen LogP contribution >= 0.6 is 15.9 Å². The largest absolute Gasteiger partial charge is 0.489 e. The fourth-order valence-corrected chi connectivity index (χ4v) is 1.97. The lowest BCUT2D eigenvalue weighted by Gasteiger charge is -2.09. The van der Waals surface area contributed by atoms with Crippen LogP contribution in [-0.4, -0.2) is 0 Å². The molecular formula is C15H15BrO. The van der Waals surface area contributed by atoms with Gasteiger partial charge in [0.25, 0.3) is 0 Å². The second-order valence-corrected chi connectivity index (χ2v) is 5.10. The third-order valence-corrected chi connectivity index (χ3v) is 3.17. The molecule has 0 fully saturated rings. The van der Waals surface area contributed by atoms with Crippen LogP contribution in [0.1, 0.15) is 16.7 Å². The Hall–Kier alpha value is -1.28. The zero-order valence-corrected chi connectivity index (χ0v) is 11.6. The summed E-state index contributed by atoms with van der Waals surface area (Å²) in [5, 5.41) is 0. The lowest BCUT2D eigenvalue weighted by molar-refractivity contribution is 0.304. The van der Waals surface area contributed by atoms with Gasteiger partial charge in [0, 0.05) is 4.47 Å². The molecule has 0 amide bonds. The Morgan fingerprint density at radius 3 is 2.35 bits per heavy atom. The van der Waals surface area contributed by atoms with E-state index in [1.165, 1.54) is 16.7 Å². The highest BCUT2D eigenvalue weighted by atomic mass is 79.9. The van der Waals surface area contributed by atoms with Gasteiger partial charge in [-0.3, -0.25) is 0 Å². The van der Waals surface area contributed by atoms with Crippen molar-refractivity contribution in [2.75, 3.05) is 0 Å². The minimum atomic E-state index is 0.608. The van der Waals surface area contributed by atoms with Crippen LogP contribution in [0.3, 0.4) is 0 Å². The zero-order valence-electron chi connectivity index (χ0n) is 10.0. The van der Waals surface area contributed by atoms with E-state index in [0.29, 0.717) is 6.61 Å². The van der Waals surface area contributed by atoms with E-state index in [4.69, 9.17) is 4.74 Å². The number of hydrogen-bond donors (Lipinski definition) is 0. The molecule has 0 bridgehead atoms. The molecule has 2 heteroatoms. The lowest BCUT2D eigenvalue weighted by Crippen LogP contribution is -1.96. The molecule has 2 aromatic carbocycles. The van der Waals surface area contributed by atoms with E-state index in [-0.39, 0.29) is 0 Å². The van der Waals surface area contributed by atoms with E-state index in [9.17, 15) is 0 Å². The maximum Gasteiger partial charge on any atom is 0.122 e. The van der Waals surface area contributed by atoms with Crippen molar-refractivity contribution in [2.24, 2.45) is 0 Å². The summed E-state index contributed by atoms with van der Waals surface area (Å²) >= 11 is 3.42. The number of halogens is 1. The number of aryl methyl sites for hydroxylation is 2. The smallest absolute Gasteiger partial charge is 0.122 e. The van der Waals surface area contributed by atoms with Crippen molar-refractivity contribution in [3.63, 3.8) is 0 Å². The molecule has 0 aliphatic carbocycles. The van der Waals surface area contributed by atoms with Gasteiger partial charge in [0.05, 0.1) is 0 Å². The summed E-state index contributed by atoms with van der Waals surface area (Å²) in [6.07, 6.45) is 0. The Labute approximate surface area is 111 Å². The van der Waals surface area contributed by atoms with Crippen molar-refractivity contribution in [2.45, 2.75) is 20.5 Å². The van der Waals surface area contributed by atoms with Crippen LogP contribution < -0.4 is 4.74 Å². The molecule has 0 aliphatic heterocycles. The van der Waals surface area contributed by atoms with Gasteiger partial charge < -0.3 is 4.74 Å². The molecule has 0 spiro atoms. The Kier molecular flexibility index (Phi) is 3.85. The van der Waals surface area contributed by atoms with Crippen LogP contribution in [-0.2, 0) is 6.61 Å². The summed E-state index contributed by atoms with van der Waals surface area (Å²) in [7, 11) is 0. The van der Waals surface area contributed by atoms with Crippen molar-refractivity contribution >= 4 is 15.9 Å². The second-order valence-electron chi connectivity index (χ2n) is 4.18. The van der Waals surface area contributed by atoms with E-state index in [2.05, 4.69) is 54.0 Å². The van der Waals surface area contributed by atoms with Gasteiger partial charge in [0.15, 0.2) is 0 Å². The van der Waals surface area contributed by atoms with E-state index < -0.39 is 0 Å². The first-order chi connectivity index (χ1) is 8.15. The SMILES string of the molecule is Cc1ccc(OCc2ccc(Br)cc2)c(C)c1. The van der Waals surface area contributed by atoms with Gasteiger partial charge in [-0.2, -0.15) is 0 Å². The Balaban J connectivity index is 2.04. The van der Waals surface area contributed by atoms with Crippen molar-refractivity contribution in [1.29, 1.82) is 0 Å². The van der Waals surface area contributed by atoms with Crippen LogP contribution in [0.4, 0.5) is 0 Å². The number of hydrogen-bond acceptors (Lipinski definition) is 1. The molecule has 2 rings (SSSR count). The van der Waals surface area contributed by atoms with Crippen LogP contribution in [0, 0.1) is 13.8 Å². The Morgan fingerprint density at radius 2 is 1.71 bits per heavy atom. The average Bonchev–Trinajstić information content (AvgIpc) is 2.30. The zero-order chi connectivity index (χ0) is 12.3. The molecule has 0 atom stereocenters. The normalized spacial score (nSPS) is 10.3. The average molecular weight is 291 g/mol. The van der Waals surface area contributed by atoms with Gasteiger partial charge in [-0.25, -0.2) is 0 Å². The van der Waals surface area contributed by atoms with Crippen LogP contribution in [0.5, 0.6) is 5.75 Å². The minimum absolute atomic E-state index is 0.608. The number of ether oxygens (including phenoxy) is 1. The summed E-state index contributed by atoms with van der Waals surface area (Å²) in [5.74, 6) is 0.957. The highest BCUT2D eigenvalue weighted by Crippen LogP contribution is 2.20. The Morgan fingerprint density at radius 1 is 1.00 bits per heavy atom. The van der Waals surface area contributed by atoms with Crippen molar-refractivity contribution in [3.05, 3.63) is 63.6 Å². The standard InChI is InChI=1S/C15H15BrO/c1-11-3-8-15(12(2)9-11)17-10-13-4-6-14(16)7-5-13/h3-9H,10H2,1-2H3. The molecular weight excluding hydrogens is 276 g/mol. The van der Waals surface area contributed by atoms with Gasteiger partial charge in [0.2, 0.25) is 0 Å². The van der Waals surface area contributed by atoms with E-state index in [0.717, 1.165) is 10.2 Å². The molecule has 2 aromatic rings. The van der Waals surface area contributed by atoms with Gasteiger partial charge >= 0.3 is 0 Å². The summed E-state index contributed by atoms with van der Waals surface area (Å²) in [6.45, 7) is 4.77.